The summed E-state index contributed by atoms with van der Waals surface area (Å²) in [5.41, 5.74) is 10.9. The van der Waals surface area contributed by atoms with Crippen molar-refractivity contribution in [2.45, 2.75) is 25.8 Å². The molecule has 0 saturated carbocycles. The molecule has 0 fully saturated rings. The number of primary amides is 1. The highest BCUT2D eigenvalue weighted by Gasteiger charge is 2.22. The molecule has 6 heteroatoms. The van der Waals surface area contributed by atoms with Crippen LogP contribution in [0.3, 0.4) is 0 Å². The number of anilines is 1. The first kappa shape index (κ1) is 13.4. The lowest BCUT2D eigenvalue weighted by Crippen LogP contribution is -2.37. The van der Waals surface area contributed by atoms with Crippen LogP contribution in [0, 0.1) is 0 Å². The number of carbonyl (C=O) groups is 1. The molecule has 0 bridgehead atoms. The van der Waals surface area contributed by atoms with Gasteiger partial charge in [0.2, 0.25) is 5.91 Å². The van der Waals surface area contributed by atoms with Crippen molar-refractivity contribution in [3.05, 3.63) is 23.9 Å². The summed E-state index contributed by atoms with van der Waals surface area (Å²) in [5.74, 6) is 0.182. The van der Waals surface area contributed by atoms with Crippen molar-refractivity contribution in [3.8, 4) is 0 Å². The Labute approximate surface area is 106 Å². The van der Waals surface area contributed by atoms with E-state index in [4.69, 9.17) is 23.7 Å². The van der Waals surface area contributed by atoms with Crippen LogP contribution in [0.5, 0.6) is 0 Å². The van der Waals surface area contributed by atoms with E-state index in [1.165, 1.54) is 0 Å². The number of aromatic nitrogens is 1. The molecule has 0 aliphatic heterocycles. The van der Waals surface area contributed by atoms with Crippen molar-refractivity contribution < 1.29 is 4.79 Å². The fourth-order valence-electron chi connectivity index (χ4n) is 1.50. The first-order valence-corrected chi connectivity index (χ1v) is 5.54. The average Bonchev–Trinajstić information content (AvgIpc) is 2.14. The highest BCUT2D eigenvalue weighted by molar-refractivity contribution is 7.80. The van der Waals surface area contributed by atoms with E-state index < -0.39 is 5.54 Å². The number of carbonyl (C=O) groups excluding carboxylic acids is 1. The van der Waals surface area contributed by atoms with E-state index in [0.29, 0.717) is 11.4 Å². The molecule has 1 heterocycles. The van der Waals surface area contributed by atoms with E-state index in [9.17, 15) is 4.79 Å². The molecule has 0 saturated heterocycles. The van der Waals surface area contributed by atoms with E-state index in [0.717, 1.165) is 0 Å². The number of rotatable bonds is 5. The maximum Gasteiger partial charge on any atom is 0.219 e. The molecule has 0 aromatic carbocycles. The van der Waals surface area contributed by atoms with Crippen molar-refractivity contribution in [2.24, 2.45) is 11.5 Å². The third-order valence-electron chi connectivity index (χ3n) is 2.15. The van der Waals surface area contributed by atoms with Gasteiger partial charge in [-0.05, 0) is 26.0 Å². The van der Waals surface area contributed by atoms with Crippen LogP contribution in [0.1, 0.15) is 25.8 Å². The Kier molecular flexibility index (Phi) is 4.01. The summed E-state index contributed by atoms with van der Waals surface area (Å²) in [6.07, 6.45) is 1.82. The number of hydrogen-bond acceptors (Lipinski definition) is 4. The van der Waals surface area contributed by atoms with Gasteiger partial charge in [0.1, 0.15) is 10.8 Å². The molecular formula is C11H16N4OS. The maximum absolute atomic E-state index is 10.9. The smallest absolute Gasteiger partial charge is 0.219 e. The Bertz CT molecular complexity index is 445. The van der Waals surface area contributed by atoms with Crippen molar-refractivity contribution in [2.75, 3.05) is 5.32 Å². The Balaban J connectivity index is 2.95. The Hall–Kier alpha value is -1.69. The molecule has 0 unspecified atom stereocenters. The highest BCUT2D eigenvalue weighted by Crippen LogP contribution is 2.19. The Morgan fingerprint density at radius 1 is 1.53 bits per heavy atom. The van der Waals surface area contributed by atoms with E-state index >= 15 is 0 Å². The van der Waals surface area contributed by atoms with Crippen LogP contribution in [0.25, 0.3) is 0 Å². The normalized spacial score (nSPS) is 10.9. The number of amides is 1. The number of nitrogens with one attached hydrogen (secondary N) is 1. The van der Waals surface area contributed by atoms with Gasteiger partial charge >= 0.3 is 0 Å². The van der Waals surface area contributed by atoms with Crippen molar-refractivity contribution >= 4 is 28.9 Å². The van der Waals surface area contributed by atoms with E-state index in [1.54, 1.807) is 18.3 Å². The predicted octanol–water partition coefficient (Wildman–Crippen LogP) is 0.782. The van der Waals surface area contributed by atoms with E-state index in [-0.39, 0.29) is 17.3 Å². The lowest BCUT2D eigenvalue weighted by molar-refractivity contribution is -0.118. The average molecular weight is 252 g/mol. The zero-order chi connectivity index (χ0) is 13.1. The Morgan fingerprint density at radius 2 is 2.18 bits per heavy atom. The quantitative estimate of drug-likeness (QED) is 0.673. The minimum Gasteiger partial charge on any atom is -0.389 e. The molecule has 1 aromatic heterocycles. The number of nitrogens with zero attached hydrogens (tertiary/aromatic N) is 1. The number of hydrogen-bond donors (Lipinski definition) is 3. The number of thiocarbonyl (C=S) groups is 1. The molecule has 92 valence electrons. The molecule has 17 heavy (non-hydrogen) atoms. The van der Waals surface area contributed by atoms with Gasteiger partial charge in [-0.15, -0.1) is 0 Å². The number of pyridine rings is 1. The third kappa shape index (κ3) is 3.99. The van der Waals surface area contributed by atoms with Crippen LogP contribution in [0.4, 0.5) is 5.82 Å². The molecule has 0 atom stereocenters. The van der Waals surface area contributed by atoms with Gasteiger partial charge in [0.05, 0.1) is 5.56 Å². The van der Waals surface area contributed by atoms with Crippen molar-refractivity contribution in [3.63, 3.8) is 0 Å². The molecular weight excluding hydrogens is 236 g/mol. The van der Waals surface area contributed by atoms with Crippen LogP contribution >= 0.6 is 12.2 Å². The standard InChI is InChI=1S/C11H16N4OS/c1-11(2,6-8(12)16)15-10-7(9(13)17)4-3-5-14-10/h3-5H,6H2,1-2H3,(H2,12,16)(H2,13,17)(H,14,15). The lowest BCUT2D eigenvalue weighted by atomic mass is 10.00. The maximum atomic E-state index is 10.9. The monoisotopic (exact) mass is 252 g/mol. The second-order valence-corrected chi connectivity index (χ2v) is 4.86. The highest BCUT2D eigenvalue weighted by atomic mass is 32.1. The molecule has 0 aliphatic rings. The largest absolute Gasteiger partial charge is 0.389 e. The summed E-state index contributed by atoms with van der Waals surface area (Å²) in [6, 6.07) is 3.53. The van der Waals surface area contributed by atoms with E-state index in [2.05, 4.69) is 10.3 Å². The van der Waals surface area contributed by atoms with E-state index in [1.807, 2.05) is 13.8 Å². The zero-order valence-corrected chi connectivity index (χ0v) is 10.7. The molecule has 5 N–H and O–H groups in total. The van der Waals surface area contributed by atoms with Gasteiger partial charge < -0.3 is 16.8 Å². The van der Waals surface area contributed by atoms with Crippen LogP contribution in [0.15, 0.2) is 18.3 Å². The molecule has 5 nitrogen and oxygen atoms in total. The van der Waals surface area contributed by atoms with Crippen LogP contribution < -0.4 is 16.8 Å². The molecule has 0 aliphatic carbocycles. The summed E-state index contributed by atoms with van der Waals surface area (Å²) in [4.78, 5) is 15.4. The fourth-order valence-corrected chi connectivity index (χ4v) is 1.67. The van der Waals surface area contributed by atoms with Gasteiger partial charge in [0.15, 0.2) is 0 Å². The van der Waals surface area contributed by atoms with Gasteiger partial charge in [0, 0.05) is 18.2 Å². The van der Waals surface area contributed by atoms with Gasteiger partial charge in [0.25, 0.3) is 0 Å². The summed E-state index contributed by atoms with van der Waals surface area (Å²) < 4.78 is 0. The fraction of sp³-hybridized carbons (Fsp3) is 0.364. The van der Waals surface area contributed by atoms with Crippen LogP contribution in [0.2, 0.25) is 0 Å². The summed E-state index contributed by atoms with van der Waals surface area (Å²) >= 11 is 4.93. The predicted molar refractivity (Wildman–Crippen MR) is 71.6 cm³/mol. The molecule has 1 amide bonds. The Morgan fingerprint density at radius 3 is 2.71 bits per heavy atom. The van der Waals surface area contributed by atoms with Crippen molar-refractivity contribution in [1.82, 2.24) is 4.98 Å². The lowest BCUT2D eigenvalue weighted by Gasteiger charge is -2.26. The SMILES string of the molecule is CC(C)(CC(N)=O)Nc1ncccc1C(N)=S. The number of nitrogens with two attached hydrogens (primary N) is 2. The molecule has 0 spiro atoms. The summed E-state index contributed by atoms with van der Waals surface area (Å²) in [6.45, 7) is 3.71. The van der Waals surface area contributed by atoms with Gasteiger partial charge in [-0.1, -0.05) is 12.2 Å². The summed E-state index contributed by atoms with van der Waals surface area (Å²) in [5, 5.41) is 3.12. The molecule has 1 rings (SSSR count). The molecule has 0 radical (unpaired) electrons. The second kappa shape index (κ2) is 5.09. The zero-order valence-electron chi connectivity index (χ0n) is 9.86. The van der Waals surface area contributed by atoms with Gasteiger partial charge in [-0.2, -0.15) is 0 Å². The van der Waals surface area contributed by atoms with Crippen LogP contribution in [-0.2, 0) is 4.79 Å². The van der Waals surface area contributed by atoms with Crippen LogP contribution in [-0.4, -0.2) is 21.4 Å². The van der Waals surface area contributed by atoms with Crippen molar-refractivity contribution in [1.29, 1.82) is 0 Å². The van der Waals surface area contributed by atoms with Gasteiger partial charge in [-0.25, -0.2) is 4.98 Å². The summed E-state index contributed by atoms with van der Waals surface area (Å²) in [7, 11) is 0. The minimum absolute atomic E-state index is 0.195. The topological polar surface area (TPSA) is 94.0 Å². The second-order valence-electron chi connectivity index (χ2n) is 4.42. The minimum atomic E-state index is -0.500. The first-order valence-electron chi connectivity index (χ1n) is 5.13. The van der Waals surface area contributed by atoms with Gasteiger partial charge in [-0.3, -0.25) is 4.79 Å². The third-order valence-corrected chi connectivity index (χ3v) is 2.37. The molecule has 1 aromatic rings. The first-order chi connectivity index (χ1) is 7.82.